The fraction of sp³-hybridized carbons (Fsp3) is 0.417. The predicted molar refractivity (Wildman–Crippen MR) is 60.5 cm³/mol. The van der Waals surface area contributed by atoms with Crippen molar-refractivity contribution in [2.24, 2.45) is 0 Å². The van der Waals surface area contributed by atoms with Gasteiger partial charge in [-0.05, 0) is 24.6 Å². The number of hydrogen-bond donors (Lipinski definition) is 1. The molecule has 4 nitrogen and oxygen atoms in total. The molecule has 4 heteroatoms. The van der Waals surface area contributed by atoms with Gasteiger partial charge in [-0.25, -0.2) is 4.79 Å². The quantitative estimate of drug-likeness (QED) is 0.827. The molecule has 16 heavy (non-hydrogen) atoms. The van der Waals surface area contributed by atoms with E-state index in [9.17, 15) is 9.90 Å². The number of aryl methyl sites for hydroxylation is 1. The lowest BCUT2D eigenvalue weighted by Gasteiger charge is -2.33. The Bertz CT molecular complexity index is 392. The fourth-order valence-electron chi connectivity index (χ4n) is 1.90. The monoisotopic (exact) mass is 221 g/mol. The first-order valence-electron chi connectivity index (χ1n) is 5.36. The molecule has 1 aliphatic heterocycles. The van der Waals surface area contributed by atoms with E-state index in [1.54, 1.807) is 0 Å². The van der Waals surface area contributed by atoms with E-state index in [0.29, 0.717) is 13.0 Å². The highest BCUT2D eigenvalue weighted by Crippen LogP contribution is 2.23. The van der Waals surface area contributed by atoms with Crippen molar-refractivity contribution >= 4 is 11.8 Å². The summed E-state index contributed by atoms with van der Waals surface area (Å²) < 4.78 is 4.99. The van der Waals surface area contributed by atoms with Gasteiger partial charge in [0.1, 0.15) is 0 Å². The number of ether oxygens (including phenoxy) is 1. The van der Waals surface area contributed by atoms with Crippen LogP contribution in [0.25, 0.3) is 0 Å². The number of cyclic esters (lactones) is 1. The second-order valence-electron chi connectivity index (χ2n) is 3.95. The predicted octanol–water partition coefficient (Wildman–Crippen LogP) is 1.70. The number of nitrogens with zero attached hydrogens (tertiary/aromatic N) is 1. The van der Waals surface area contributed by atoms with Gasteiger partial charge >= 0.3 is 6.09 Å². The number of anilines is 1. The minimum absolute atomic E-state index is 0.0386. The van der Waals surface area contributed by atoms with Gasteiger partial charge in [0.05, 0.1) is 19.3 Å². The summed E-state index contributed by atoms with van der Waals surface area (Å²) >= 11 is 0. The molecule has 0 aliphatic carbocycles. The third kappa shape index (κ3) is 2.02. The van der Waals surface area contributed by atoms with E-state index in [1.807, 2.05) is 31.2 Å². The minimum Gasteiger partial charge on any atom is -0.449 e. The third-order valence-electron chi connectivity index (χ3n) is 2.73. The Balaban J connectivity index is 2.31. The molecular weight excluding hydrogens is 206 g/mol. The van der Waals surface area contributed by atoms with E-state index < -0.39 is 0 Å². The van der Waals surface area contributed by atoms with Crippen molar-refractivity contribution in [1.82, 2.24) is 0 Å². The molecular formula is C12H15NO3. The molecule has 0 radical (unpaired) electrons. The number of amides is 1. The zero-order valence-corrected chi connectivity index (χ0v) is 9.22. The third-order valence-corrected chi connectivity index (χ3v) is 2.73. The summed E-state index contributed by atoms with van der Waals surface area (Å²) in [7, 11) is 0. The summed E-state index contributed by atoms with van der Waals surface area (Å²) in [5.41, 5.74) is 1.86. The fourth-order valence-corrected chi connectivity index (χ4v) is 1.90. The van der Waals surface area contributed by atoms with E-state index in [0.717, 1.165) is 11.3 Å². The first-order chi connectivity index (χ1) is 7.72. The maximum absolute atomic E-state index is 11.7. The number of carbonyl (C=O) groups is 1. The summed E-state index contributed by atoms with van der Waals surface area (Å²) in [6.07, 6.45) is 0.284. The summed E-state index contributed by atoms with van der Waals surface area (Å²) in [4.78, 5) is 13.2. The first kappa shape index (κ1) is 11.0. The van der Waals surface area contributed by atoms with Crippen LogP contribution < -0.4 is 4.90 Å². The molecule has 1 fully saturated rings. The summed E-state index contributed by atoms with van der Waals surface area (Å²) in [6, 6.07) is 7.44. The molecule has 0 saturated carbocycles. The van der Waals surface area contributed by atoms with Crippen LogP contribution >= 0.6 is 0 Å². The smallest absolute Gasteiger partial charge is 0.414 e. The highest BCUT2D eigenvalue weighted by atomic mass is 16.6. The van der Waals surface area contributed by atoms with Gasteiger partial charge in [-0.3, -0.25) is 4.90 Å². The average Bonchev–Trinajstić information content (AvgIpc) is 2.28. The number of benzene rings is 1. The molecule has 1 aliphatic rings. The first-order valence-corrected chi connectivity index (χ1v) is 5.36. The Morgan fingerprint density at radius 3 is 3.06 bits per heavy atom. The standard InChI is InChI=1S/C12H15NO3/c1-9-3-2-4-10(7-9)13-11(8-14)5-6-16-12(13)15/h2-4,7,11,14H,5-6,8H2,1H3. The van der Waals surface area contributed by atoms with Crippen LogP contribution in [-0.2, 0) is 4.74 Å². The molecule has 1 atom stereocenters. The van der Waals surface area contributed by atoms with Crippen molar-refractivity contribution < 1.29 is 14.6 Å². The van der Waals surface area contributed by atoms with E-state index in [2.05, 4.69) is 0 Å². The normalized spacial score (nSPS) is 20.8. The lowest BCUT2D eigenvalue weighted by atomic mass is 10.1. The topological polar surface area (TPSA) is 49.8 Å². The molecule has 1 aromatic rings. The molecule has 2 rings (SSSR count). The highest BCUT2D eigenvalue weighted by Gasteiger charge is 2.30. The molecule has 1 saturated heterocycles. The number of rotatable bonds is 2. The molecule has 0 spiro atoms. The molecule has 0 bridgehead atoms. The molecule has 1 unspecified atom stereocenters. The van der Waals surface area contributed by atoms with Gasteiger partial charge < -0.3 is 9.84 Å². The van der Waals surface area contributed by atoms with Gasteiger partial charge in [0.15, 0.2) is 0 Å². The summed E-state index contributed by atoms with van der Waals surface area (Å²) in [6.45, 7) is 2.31. The number of aliphatic hydroxyl groups is 1. The van der Waals surface area contributed by atoms with Crippen LogP contribution in [0.2, 0.25) is 0 Å². The minimum atomic E-state index is -0.379. The maximum atomic E-state index is 11.7. The van der Waals surface area contributed by atoms with Crippen LogP contribution in [0.5, 0.6) is 0 Å². The average molecular weight is 221 g/mol. The van der Waals surface area contributed by atoms with E-state index in [-0.39, 0.29) is 18.7 Å². The molecule has 0 aromatic heterocycles. The second kappa shape index (κ2) is 4.53. The van der Waals surface area contributed by atoms with E-state index in [1.165, 1.54) is 4.90 Å². The van der Waals surface area contributed by atoms with Gasteiger partial charge in [0.2, 0.25) is 0 Å². The van der Waals surface area contributed by atoms with Crippen molar-refractivity contribution in [3.63, 3.8) is 0 Å². The highest BCUT2D eigenvalue weighted by molar-refractivity contribution is 5.89. The van der Waals surface area contributed by atoms with Crippen molar-refractivity contribution in [1.29, 1.82) is 0 Å². The lowest BCUT2D eigenvalue weighted by Crippen LogP contribution is -2.47. The van der Waals surface area contributed by atoms with Gasteiger partial charge in [0.25, 0.3) is 0 Å². The SMILES string of the molecule is Cc1cccc(N2C(=O)OCCC2CO)c1. The maximum Gasteiger partial charge on any atom is 0.414 e. The van der Waals surface area contributed by atoms with Gasteiger partial charge in [-0.2, -0.15) is 0 Å². The zero-order chi connectivity index (χ0) is 11.5. The molecule has 86 valence electrons. The largest absolute Gasteiger partial charge is 0.449 e. The molecule has 1 amide bonds. The van der Waals surface area contributed by atoms with Gasteiger partial charge in [-0.1, -0.05) is 12.1 Å². The molecule has 1 aromatic carbocycles. The number of aliphatic hydroxyl groups excluding tert-OH is 1. The van der Waals surface area contributed by atoms with Gasteiger partial charge in [-0.15, -0.1) is 0 Å². The molecule has 1 N–H and O–H groups in total. The van der Waals surface area contributed by atoms with Crippen LogP contribution in [0, 0.1) is 6.92 Å². The van der Waals surface area contributed by atoms with Crippen LogP contribution in [-0.4, -0.2) is 30.5 Å². The van der Waals surface area contributed by atoms with Crippen molar-refractivity contribution in [3.8, 4) is 0 Å². The second-order valence-corrected chi connectivity index (χ2v) is 3.95. The van der Waals surface area contributed by atoms with E-state index in [4.69, 9.17) is 4.74 Å². The van der Waals surface area contributed by atoms with Crippen molar-refractivity contribution in [2.75, 3.05) is 18.1 Å². The van der Waals surface area contributed by atoms with Crippen LogP contribution in [0.1, 0.15) is 12.0 Å². The summed E-state index contributed by atoms with van der Waals surface area (Å²) in [5, 5.41) is 9.26. The Labute approximate surface area is 94.4 Å². The Hall–Kier alpha value is -1.55. The Kier molecular flexibility index (Phi) is 3.10. The number of hydrogen-bond acceptors (Lipinski definition) is 3. The van der Waals surface area contributed by atoms with Gasteiger partial charge in [0, 0.05) is 12.1 Å². The summed E-state index contributed by atoms with van der Waals surface area (Å²) in [5.74, 6) is 0. The van der Waals surface area contributed by atoms with Crippen LogP contribution in [0.15, 0.2) is 24.3 Å². The van der Waals surface area contributed by atoms with E-state index >= 15 is 0 Å². The Morgan fingerprint density at radius 2 is 2.38 bits per heavy atom. The molecule has 1 heterocycles. The zero-order valence-electron chi connectivity index (χ0n) is 9.22. The lowest BCUT2D eigenvalue weighted by molar-refractivity contribution is 0.116. The van der Waals surface area contributed by atoms with Crippen LogP contribution in [0.4, 0.5) is 10.5 Å². The van der Waals surface area contributed by atoms with Crippen molar-refractivity contribution in [2.45, 2.75) is 19.4 Å². The Morgan fingerprint density at radius 1 is 1.56 bits per heavy atom. The van der Waals surface area contributed by atoms with Crippen LogP contribution in [0.3, 0.4) is 0 Å². The number of carbonyl (C=O) groups excluding carboxylic acids is 1. The van der Waals surface area contributed by atoms with Crippen molar-refractivity contribution in [3.05, 3.63) is 29.8 Å².